The smallest absolute Gasteiger partial charge is 0.254 e. The average Bonchev–Trinajstić information content (AvgIpc) is 3.50. The Hall–Kier alpha value is -4.16. The summed E-state index contributed by atoms with van der Waals surface area (Å²) in [6.45, 7) is 0. The Labute approximate surface area is 218 Å². The van der Waals surface area contributed by atoms with Crippen LogP contribution in [0.5, 0.6) is 5.75 Å². The molecule has 0 unspecified atom stereocenters. The summed E-state index contributed by atoms with van der Waals surface area (Å²) in [6, 6.07) is 25.1. The zero-order valence-electron chi connectivity index (χ0n) is 19.8. The predicted octanol–water partition coefficient (Wildman–Crippen LogP) is 5.83. The SMILES string of the molecule is COc1ccc(Cl)cc1-c1ccc(/C=N\N2C(=O)[C@H]3C4c5ccccc5C(c5ccccc54)[C@@H]3C2=O)o1. The van der Waals surface area contributed by atoms with Crippen LogP contribution in [0.3, 0.4) is 0 Å². The Balaban J connectivity index is 1.23. The van der Waals surface area contributed by atoms with E-state index in [0.717, 1.165) is 27.3 Å². The van der Waals surface area contributed by atoms with Crippen molar-refractivity contribution in [3.05, 3.63) is 112 Å². The highest BCUT2D eigenvalue weighted by molar-refractivity contribution is 6.31. The highest BCUT2D eigenvalue weighted by atomic mass is 35.5. The zero-order valence-corrected chi connectivity index (χ0v) is 20.6. The van der Waals surface area contributed by atoms with Gasteiger partial charge in [0.15, 0.2) is 0 Å². The number of hydrazone groups is 1. The Bertz CT molecular complexity index is 1510. The lowest BCUT2D eigenvalue weighted by Gasteiger charge is -2.45. The lowest BCUT2D eigenvalue weighted by atomic mass is 9.55. The van der Waals surface area contributed by atoms with Gasteiger partial charge in [-0.25, -0.2) is 0 Å². The molecule has 37 heavy (non-hydrogen) atoms. The van der Waals surface area contributed by atoms with E-state index in [4.69, 9.17) is 20.8 Å². The normalized spacial score (nSPS) is 23.4. The summed E-state index contributed by atoms with van der Waals surface area (Å²) in [5, 5.41) is 5.92. The van der Waals surface area contributed by atoms with Gasteiger partial charge in [0.25, 0.3) is 11.8 Å². The highest BCUT2D eigenvalue weighted by Gasteiger charge is 2.61. The molecular weight excluding hydrogens is 488 g/mol. The third kappa shape index (κ3) is 3.15. The molecule has 2 bridgehead atoms. The van der Waals surface area contributed by atoms with Crippen LogP contribution in [0.2, 0.25) is 5.02 Å². The quantitative estimate of drug-likeness (QED) is 0.257. The number of nitrogens with zero attached hydrogens (tertiary/aromatic N) is 2. The molecule has 3 aliphatic carbocycles. The van der Waals surface area contributed by atoms with Gasteiger partial charge in [0.2, 0.25) is 0 Å². The molecule has 1 aromatic heterocycles. The van der Waals surface area contributed by atoms with Crippen molar-refractivity contribution in [3.8, 4) is 17.1 Å². The van der Waals surface area contributed by atoms with Gasteiger partial charge in [0.05, 0.1) is 30.7 Å². The third-order valence-corrected chi connectivity index (χ3v) is 8.01. The van der Waals surface area contributed by atoms with E-state index in [1.807, 2.05) is 24.3 Å². The predicted molar refractivity (Wildman–Crippen MR) is 139 cm³/mol. The number of rotatable bonds is 4. The number of imide groups is 1. The van der Waals surface area contributed by atoms with Crippen molar-refractivity contribution >= 4 is 29.6 Å². The first-order valence-electron chi connectivity index (χ1n) is 12.1. The van der Waals surface area contributed by atoms with Gasteiger partial charge in [-0.1, -0.05) is 60.1 Å². The van der Waals surface area contributed by atoms with Gasteiger partial charge in [-0.15, -0.1) is 0 Å². The molecule has 3 aromatic carbocycles. The first-order valence-corrected chi connectivity index (χ1v) is 12.5. The minimum absolute atomic E-state index is 0.162. The summed E-state index contributed by atoms with van der Waals surface area (Å²) in [5.74, 6) is -0.244. The van der Waals surface area contributed by atoms with Gasteiger partial charge in [-0.05, 0) is 52.6 Å². The van der Waals surface area contributed by atoms with Crippen LogP contribution in [0.4, 0.5) is 0 Å². The van der Waals surface area contributed by atoms with Gasteiger partial charge in [-0.2, -0.15) is 10.1 Å². The van der Waals surface area contributed by atoms with Crippen molar-refractivity contribution in [2.75, 3.05) is 7.11 Å². The van der Waals surface area contributed by atoms with Crippen LogP contribution < -0.4 is 4.74 Å². The van der Waals surface area contributed by atoms with Crippen LogP contribution in [-0.2, 0) is 9.59 Å². The summed E-state index contributed by atoms with van der Waals surface area (Å²) >= 11 is 6.16. The van der Waals surface area contributed by atoms with Crippen LogP contribution in [-0.4, -0.2) is 30.1 Å². The molecule has 6 nitrogen and oxygen atoms in total. The molecule has 0 saturated carbocycles. The Morgan fingerprint density at radius 1 is 0.838 bits per heavy atom. The van der Waals surface area contributed by atoms with E-state index >= 15 is 0 Å². The number of hydrogen-bond donors (Lipinski definition) is 0. The number of carbonyl (C=O) groups excluding carboxylic acids is 2. The zero-order chi connectivity index (χ0) is 25.3. The molecule has 1 saturated heterocycles. The first-order chi connectivity index (χ1) is 18.1. The summed E-state index contributed by atoms with van der Waals surface area (Å²) < 4.78 is 11.4. The maximum atomic E-state index is 13.7. The van der Waals surface area contributed by atoms with Crippen molar-refractivity contribution in [3.63, 3.8) is 0 Å². The second-order valence-electron chi connectivity index (χ2n) is 9.54. The van der Waals surface area contributed by atoms with Crippen LogP contribution in [0, 0.1) is 11.8 Å². The van der Waals surface area contributed by atoms with Crippen LogP contribution in [0.25, 0.3) is 11.3 Å². The molecule has 2 heterocycles. The van der Waals surface area contributed by atoms with E-state index in [-0.39, 0.29) is 23.7 Å². The standard InChI is InChI=1S/C30H21ClN2O4/c1-36-23-12-10-16(31)14-22(23)24-13-11-17(37-24)15-32-33-29(34)27-25-18-6-2-3-7-19(18)26(28(27)30(33)35)21-9-5-4-8-20(21)25/h2-15,25-28H,1H3/b32-15-/t25?,26?,27-,28-/m0/s1. The number of ether oxygens (including phenoxy) is 1. The molecule has 7 heteroatoms. The summed E-state index contributed by atoms with van der Waals surface area (Å²) in [5.41, 5.74) is 5.22. The minimum Gasteiger partial charge on any atom is -0.496 e. The van der Waals surface area contributed by atoms with Gasteiger partial charge >= 0.3 is 0 Å². The fourth-order valence-electron chi connectivity index (χ4n) is 6.33. The molecule has 1 fully saturated rings. The molecule has 8 rings (SSSR count). The summed E-state index contributed by atoms with van der Waals surface area (Å²) in [6.07, 6.45) is 1.41. The molecule has 4 aromatic rings. The van der Waals surface area contributed by atoms with Crippen LogP contribution in [0.15, 0.2) is 88.4 Å². The Morgan fingerprint density at radius 3 is 1.95 bits per heavy atom. The van der Waals surface area contributed by atoms with E-state index in [0.29, 0.717) is 27.9 Å². The second kappa shape index (κ2) is 8.18. The largest absolute Gasteiger partial charge is 0.496 e. The van der Waals surface area contributed by atoms with E-state index in [1.165, 1.54) is 6.21 Å². The fraction of sp³-hybridized carbons (Fsp3) is 0.167. The van der Waals surface area contributed by atoms with Crippen molar-refractivity contribution in [2.24, 2.45) is 16.9 Å². The second-order valence-corrected chi connectivity index (χ2v) is 9.98. The van der Waals surface area contributed by atoms with E-state index in [2.05, 4.69) is 29.4 Å². The molecule has 0 radical (unpaired) electrons. The lowest BCUT2D eigenvalue weighted by molar-refractivity contribution is -0.139. The molecule has 4 aliphatic rings. The summed E-state index contributed by atoms with van der Waals surface area (Å²) in [4.78, 5) is 27.3. The van der Waals surface area contributed by atoms with Crippen molar-refractivity contribution in [1.29, 1.82) is 0 Å². The number of amides is 2. The van der Waals surface area contributed by atoms with E-state index < -0.39 is 11.8 Å². The topological polar surface area (TPSA) is 72.1 Å². The van der Waals surface area contributed by atoms with Crippen molar-refractivity contribution < 1.29 is 18.7 Å². The van der Waals surface area contributed by atoms with Crippen LogP contribution >= 0.6 is 11.6 Å². The number of hydrogen-bond acceptors (Lipinski definition) is 5. The minimum atomic E-state index is -0.470. The summed E-state index contributed by atoms with van der Waals surface area (Å²) in [7, 11) is 1.58. The number of benzene rings is 3. The number of halogens is 1. The molecular formula is C30H21ClN2O4. The van der Waals surface area contributed by atoms with Gasteiger partial charge < -0.3 is 9.15 Å². The third-order valence-electron chi connectivity index (χ3n) is 7.78. The molecule has 0 N–H and O–H groups in total. The molecule has 1 aliphatic heterocycles. The number of carbonyl (C=O) groups is 2. The monoisotopic (exact) mass is 508 g/mol. The molecule has 2 amide bonds. The van der Waals surface area contributed by atoms with E-state index in [1.54, 1.807) is 37.4 Å². The van der Waals surface area contributed by atoms with E-state index in [9.17, 15) is 9.59 Å². The Morgan fingerprint density at radius 2 is 1.41 bits per heavy atom. The first kappa shape index (κ1) is 22.1. The molecule has 182 valence electrons. The van der Waals surface area contributed by atoms with Crippen molar-refractivity contribution in [2.45, 2.75) is 11.8 Å². The molecule has 2 atom stereocenters. The lowest BCUT2D eigenvalue weighted by Crippen LogP contribution is -2.41. The number of furan rings is 1. The molecule has 0 spiro atoms. The Kier molecular flexibility index (Phi) is 4.88. The number of methoxy groups -OCH3 is 1. The van der Waals surface area contributed by atoms with Gasteiger partial charge in [0, 0.05) is 16.9 Å². The van der Waals surface area contributed by atoms with Crippen molar-refractivity contribution in [1.82, 2.24) is 5.01 Å². The maximum absolute atomic E-state index is 13.7. The maximum Gasteiger partial charge on any atom is 0.254 e. The van der Waals surface area contributed by atoms with Gasteiger partial charge in [0.1, 0.15) is 17.3 Å². The highest BCUT2D eigenvalue weighted by Crippen LogP contribution is 2.60. The fourth-order valence-corrected chi connectivity index (χ4v) is 6.50. The van der Waals surface area contributed by atoms with Crippen LogP contribution in [0.1, 0.15) is 39.8 Å². The average molecular weight is 509 g/mol. The van der Waals surface area contributed by atoms with Gasteiger partial charge in [-0.3, -0.25) is 9.59 Å².